The van der Waals surface area contributed by atoms with E-state index in [0.29, 0.717) is 23.0 Å². The highest BCUT2D eigenvalue weighted by molar-refractivity contribution is 6.16. The number of aryl methyl sites for hydroxylation is 1. The molecular formula is C12H14ClN3O3. The molecule has 1 atom stereocenters. The standard InChI is InChI=1S/C12H13N3O3.ClH/c1-3-7-4-15-5-13-11-9(10(15)14-7)8(12(16)17)6(2)18-11;/h5,7H,3-4H2,1-2H3,(H,16,17);1H. The van der Waals surface area contributed by atoms with Gasteiger partial charge in [-0.3, -0.25) is 4.99 Å². The minimum Gasteiger partial charge on any atom is -0.478 e. The van der Waals surface area contributed by atoms with Crippen LogP contribution in [0.1, 0.15) is 35.0 Å². The Labute approximate surface area is 116 Å². The quantitative estimate of drug-likeness (QED) is 0.903. The number of hydrogen-bond donors (Lipinski definition) is 1. The zero-order valence-corrected chi connectivity index (χ0v) is 11.4. The van der Waals surface area contributed by atoms with Gasteiger partial charge in [0.25, 0.3) is 0 Å². The summed E-state index contributed by atoms with van der Waals surface area (Å²) in [7, 11) is 0. The van der Waals surface area contributed by atoms with Crippen molar-refractivity contribution in [3.8, 4) is 0 Å². The van der Waals surface area contributed by atoms with Crippen molar-refractivity contribution in [3.63, 3.8) is 0 Å². The van der Waals surface area contributed by atoms with Crippen molar-refractivity contribution in [2.24, 2.45) is 9.98 Å². The van der Waals surface area contributed by atoms with E-state index >= 15 is 0 Å². The Morgan fingerprint density at radius 3 is 3.00 bits per heavy atom. The third kappa shape index (κ3) is 1.92. The molecule has 1 aromatic rings. The normalized spacial score (nSPS) is 19.6. The molecule has 7 heteroatoms. The van der Waals surface area contributed by atoms with Crippen LogP contribution in [0, 0.1) is 6.92 Å². The number of halogens is 1. The summed E-state index contributed by atoms with van der Waals surface area (Å²) < 4.78 is 5.39. The van der Waals surface area contributed by atoms with Gasteiger partial charge in [-0.15, -0.1) is 12.4 Å². The summed E-state index contributed by atoms with van der Waals surface area (Å²) in [6, 6.07) is 0.189. The van der Waals surface area contributed by atoms with Gasteiger partial charge in [0.15, 0.2) is 0 Å². The Balaban J connectivity index is 0.00000133. The average Bonchev–Trinajstić information content (AvgIpc) is 2.87. The number of nitrogens with zero attached hydrogens (tertiary/aromatic N) is 3. The van der Waals surface area contributed by atoms with Crippen LogP contribution in [-0.2, 0) is 0 Å². The highest BCUT2D eigenvalue weighted by Gasteiger charge is 2.35. The summed E-state index contributed by atoms with van der Waals surface area (Å²) in [6.07, 6.45) is 2.58. The largest absolute Gasteiger partial charge is 0.478 e. The van der Waals surface area contributed by atoms with E-state index < -0.39 is 5.97 Å². The lowest BCUT2D eigenvalue weighted by Gasteiger charge is -2.18. The molecule has 1 N–H and O–H groups in total. The molecule has 6 nitrogen and oxygen atoms in total. The van der Waals surface area contributed by atoms with Crippen LogP contribution in [0.4, 0.5) is 5.88 Å². The maximum Gasteiger partial charge on any atom is 0.340 e. The van der Waals surface area contributed by atoms with Gasteiger partial charge in [-0.25, -0.2) is 9.79 Å². The van der Waals surface area contributed by atoms with Crippen molar-refractivity contribution in [2.75, 3.05) is 6.54 Å². The summed E-state index contributed by atoms with van der Waals surface area (Å²) >= 11 is 0. The number of hydrogen-bond acceptors (Lipinski definition) is 5. The first kappa shape index (κ1) is 13.6. The van der Waals surface area contributed by atoms with Crippen LogP contribution in [0.2, 0.25) is 0 Å². The molecule has 3 heterocycles. The van der Waals surface area contributed by atoms with Crippen LogP contribution >= 0.6 is 12.4 Å². The first-order valence-electron chi connectivity index (χ1n) is 5.87. The van der Waals surface area contributed by atoms with E-state index in [4.69, 9.17) is 4.42 Å². The summed E-state index contributed by atoms with van der Waals surface area (Å²) in [5.41, 5.74) is 0.681. The van der Waals surface area contributed by atoms with Gasteiger partial charge in [0.2, 0.25) is 5.88 Å². The van der Waals surface area contributed by atoms with Crippen LogP contribution < -0.4 is 0 Å². The van der Waals surface area contributed by atoms with Crippen LogP contribution in [0.5, 0.6) is 0 Å². The fourth-order valence-electron chi connectivity index (χ4n) is 2.34. The minimum absolute atomic E-state index is 0. The van der Waals surface area contributed by atoms with Gasteiger partial charge in [-0.05, 0) is 13.3 Å². The van der Waals surface area contributed by atoms with E-state index in [9.17, 15) is 9.90 Å². The van der Waals surface area contributed by atoms with Gasteiger partial charge in [-0.2, -0.15) is 0 Å². The smallest absolute Gasteiger partial charge is 0.340 e. The maximum atomic E-state index is 11.3. The molecule has 102 valence electrons. The molecule has 0 fully saturated rings. The second-order valence-electron chi connectivity index (χ2n) is 4.43. The molecule has 0 saturated heterocycles. The average molecular weight is 284 g/mol. The lowest BCUT2D eigenvalue weighted by Crippen LogP contribution is -2.31. The molecule has 0 saturated carbocycles. The molecule has 0 radical (unpaired) electrons. The summed E-state index contributed by atoms with van der Waals surface area (Å²) in [6.45, 7) is 4.44. The lowest BCUT2D eigenvalue weighted by atomic mass is 10.1. The van der Waals surface area contributed by atoms with Crippen LogP contribution in [0.25, 0.3) is 0 Å². The number of rotatable bonds is 2. The molecule has 2 aliphatic heterocycles. The molecule has 0 spiro atoms. The van der Waals surface area contributed by atoms with Gasteiger partial charge >= 0.3 is 5.97 Å². The molecule has 3 rings (SSSR count). The third-order valence-corrected chi connectivity index (χ3v) is 3.27. The van der Waals surface area contributed by atoms with Gasteiger partial charge in [-0.1, -0.05) is 6.92 Å². The first-order valence-corrected chi connectivity index (χ1v) is 5.87. The minimum atomic E-state index is -1.00. The van der Waals surface area contributed by atoms with Crippen molar-refractivity contribution in [1.82, 2.24) is 4.90 Å². The van der Waals surface area contributed by atoms with E-state index in [0.717, 1.165) is 13.0 Å². The molecule has 0 bridgehead atoms. The maximum absolute atomic E-state index is 11.3. The third-order valence-electron chi connectivity index (χ3n) is 3.27. The first-order chi connectivity index (χ1) is 8.61. The van der Waals surface area contributed by atoms with Crippen molar-refractivity contribution in [1.29, 1.82) is 0 Å². The number of carboxylic acid groups (broad SMARTS) is 1. The van der Waals surface area contributed by atoms with Crippen molar-refractivity contribution >= 4 is 36.4 Å². The van der Waals surface area contributed by atoms with Gasteiger partial charge in [0.1, 0.15) is 23.5 Å². The zero-order valence-electron chi connectivity index (χ0n) is 10.6. The SMILES string of the molecule is CCC1CN2C=Nc3oc(C)c(C(=O)O)c3C2=N1.Cl. The number of aliphatic imine (C=N–C) groups is 2. The second kappa shape index (κ2) is 4.70. The summed E-state index contributed by atoms with van der Waals surface area (Å²) in [5, 5.41) is 9.27. The van der Waals surface area contributed by atoms with Crippen LogP contribution in [0.3, 0.4) is 0 Å². The van der Waals surface area contributed by atoms with Gasteiger partial charge in [0.05, 0.1) is 11.6 Å². The van der Waals surface area contributed by atoms with E-state index in [1.807, 2.05) is 4.90 Å². The van der Waals surface area contributed by atoms with Crippen LogP contribution in [-0.4, -0.2) is 40.7 Å². The van der Waals surface area contributed by atoms with E-state index in [1.54, 1.807) is 13.3 Å². The summed E-state index contributed by atoms with van der Waals surface area (Å²) in [4.78, 5) is 21.9. The van der Waals surface area contributed by atoms with Gasteiger partial charge < -0.3 is 14.4 Å². The number of carboxylic acids is 1. The highest BCUT2D eigenvalue weighted by atomic mass is 35.5. The van der Waals surface area contributed by atoms with E-state index in [2.05, 4.69) is 16.9 Å². The molecule has 1 unspecified atom stereocenters. The monoisotopic (exact) mass is 283 g/mol. The van der Waals surface area contributed by atoms with Gasteiger partial charge in [0, 0.05) is 6.54 Å². The number of carbonyl (C=O) groups is 1. The molecule has 2 aliphatic rings. The second-order valence-corrected chi connectivity index (χ2v) is 4.43. The Morgan fingerprint density at radius 2 is 2.37 bits per heavy atom. The Hall–Kier alpha value is -1.82. The summed E-state index contributed by atoms with van der Waals surface area (Å²) in [5.74, 6) is 0.379. The fourth-order valence-corrected chi connectivity index (χ4v) is 2.34. The highest BCUT2D eigenvalue weighted by Crippen LogP contribution is 2.35. The Kier molecular flexibility index (Phi) is 3.36. The fraction of sp³-hybridized carbons (Fsp3) is 0.417. The predicted molar refractivity (Wildman–Crippen MR) is 73.1 cm³/mol. The molecule has 19 heavy (non-hydrogen) atoms. The lowest BCUT2D eigenvalue weighted by molar-refractivity contribution is 0.0695. The van der Waals surface area contributed by atoms with E-state index in [-0.39, 0.29) is 24.0 Å². The number of fused-ring (bicyclic) bond motifs is 3. The molecule has 0 aliphatic carbocycles. The Bertz CT molecular complexity index is 591. The number of amidine groups is 1. The van der Waals surface area contributed by atoms with Crippen molar-refractivity contribution in [2.45, 2.75) is 26.3 Å². The number of aromatic carboxylic acids is 1. The Morgan fingerprint density at radius 1 is 1.63 bits per heavy atom. The van der Waals surface area contributed by atoms with E-state index in [1.165, 1.54) is 0 Å². The molecule has 0 amide bonds. The predicted octanol–water partition coefficient (Wildman–Crippen LogP) is 2.22. The number of furan rings is 1. The molecular weight excluding hydrogens is 270 g/mol. The van der Waals surface area contributed by atoms with Crippen LogP contribution in [0.15, 0.2) is 14.4 Å². The zero-order chi connectivity index (χ0) is 12.9. The van der Waals surface area contributed by atoms with Crippen molar-refractivity contribution < 1.29 is 14.3 Å². The molecule has 1 aromatic heterocycles. The topological polar surface area (TPSA) is 78.4 Å². The molecule has 0 aromatic carbocycles. The van der Waals surface area contributed by atoms with Crippen molar-refractivity contribution in [3.05, 3.63) is 16.9 Å².